The van der Waals surface area contributed by atoms with Gasteiger partial charge < -0.3 is 15.3 Å². The van der Waals surface area contributed by atoms with Gasteiger partial charge in [-0.15, -0.1) is 33.3 Å². The van der Waals surface area contributed by atoms with Crippen molar-refractivity contribution in [2.24, 2.45) is 0 Å². The van der Waals surface area contributed by atoms with E-state index in [1.54, 1.807) is 6.92 Å². The summed E-state index contributed by atoms with van der Waals surface area (Å²) in [4.78, 5) is 49.0. The van der Waals surface area contributed by atoms with Gasteiger partial charge in [0.1, 0.15) is 26.8 Å². The van der Waals surface area contributed by atoms with Gasteiger partial charge in [0, 0.05) is 12.3 Å². The molecule has 0 aromatic carbocycles. The molecule has 2 aliphatic rings. The van der Waals surface area contributed by atoms with Crippen LogP contribution in [0.15, 0.2) is 0 Å². The van der Waals surface area contributed by atoms with Crippen molar-refractivity contribution < 1.29 is 24.3 Å². The van der Waals surface area contributed by atoms with Crippen LogP contribution >= 0.6 is 39.0 Å². The molecule has 12 heteroatoms. The maximum Gasteiger partial charge on any atom is 0.319 e. The molecule has 0 bridgehead atoms. The van der Waals surface area contributed by atoms with Gasteiger partial charge in [-0.2, -0.15) is 0 Å². The summed E-state index contributed by atoms with van der Waals surface area (Å²) in [5.41, 5.74) is -1.30. The highest BCUT2D eigenvalue weighted by atomic mass is 79.9. The summed E-state index contributed by atoms with van der Waals surface area (Å²) in [6.07, 6.45) is -0.296. The quantitative estimate of drug-likeness (QED) is 0.341. The number of hydrogen-bond acceptors (Lipinski definition) is 8. The maximum atomic E-state index is 12.4. The molecule has 2 unspecified atom stereocenters. The molecule has 2 fully saturated rings. The van der Waals surface area contributed by atoms with E-state index in [1.165, 1.54) is 28.0 Å². The van der Waals surface area contributed by atoms with Crippen LogP contribution in [0.3, 0.4) is 0 Å². The first-order valence-corrected chi connectivity index (χ1v) is 10.6. The van der Waals surface area contributed by atoms with Crippen LogP contribution < -0.4 is 5.32 Å². The number of carbonyl (C=O) groups is 4. The Morgan fingerprint density at radius 2 is 2.15 bits per heavy atom. The van der Waals surface area contributed by atoms with E-state index in [2.05, 4.69) is 31.4 Å². The van der Waals surface area contributed by atoms with Crippen LogP contribution in [0.1, 0.15) is 16.4 Å². The van der Waals surface area contributed by atoms with Gasteiger partial charge in [-0.05, 0) is 6.92 Å². The normalized spacial score (nSPS) is 27.5. The number of rotatable bonds is 6. The molecule has 2 saturated heterocycles. The molecule has 1 aromatic rings. The number of carbonyl (C=O) groups excluding carboxylic acids is 3. The number of fused-ring (bicyclic) bond motifs is 1. The van der Waals surface area contributed by atoms with Gasteiger partial charge in [0.25, 0.3) is 0 Å². The zero-order chi connectivity index (χ0) is 19.1. The number of aryl methyl sites for hydroxylation is 1. The number of Topliss-reactive ketones (excluding diaryl/α,β-unsaturated/α-hetero) is 1. The number of nitrogens with zero attached hydrogens (tertiary/aromatic N) is 3. The zero-order valence-electron chi connectivity index (χ0n) is 13.6. The number of carboxylic acid groups (broad SMARTS) is 1. The number of halogens is 1. The number of thioether (sulfide) groups is 1. The largest absolute Gasteiger partial charge is 0.480 e. The molecule has 26 heavy (non-hydrogen) atoms. The van der Waals surface area contributed by atoms with E-state index in [0.29, 0.717) is 10.0 Å². The Morgan fingerprint density at radius 3 is 2.73 bits per heavy atom. The Balaban J connectivity index is 1.71. The Bertz CT molecular complexity index is 787. The van der Waals surface area contributed by atoms with Crippen LogP contribution in [0.4, 0.5) is 0 Å². The predicted octanol–water partition coefficient (Wildman–Crippen LogP) is -0.0771. The summed E-state index contributed by atoms with van der Waals surface area (Å²) in [6, 6.07) is -0.737. The second-order valence-corrected chi connectivity index (χ2v) is 8.92. The molecule has 9 nitrogen and oxygen atoms in total. The van der Waals surface area contributed by atoms with Gasteiger partial charge >= 0.3 is 5.97 Å². The second kappa shape index (κ2) is 7.24. The summed E-state index contributed by atoms with van der Waals surface area (Å²) in [7, 11) is 0. The van der Waals surface area contributed by atoms with Crippen LogP contribution in [0.2, 0.25) is 0 Å². The lowest BCUT2D eigenvalue weighted by Gasteiger charge is -2.53. The van der Waals surface area contributed by atoms with Crippen LogP contribution in [-0.4, -0.2) is 72.8 Å². The number of β-lactam (4-membered cyclic amide) rings is 1. The lowest BCUT2D eigenvalue weighted by molar-refractivity contribution is -0.155. The topological polar surface area (TPSA) is 130 Å². The molecule has 140 valence electrons. The van der Waals surface area contributed by atoms with Crippen LogP contribution in [-0.2, 0) is 24.6 Å². The van der Waals surface area contributed by atoms with Crippen molar-refractivity contribution in [2.75, 3.05) is 17.6 Å². The Morgan fingerprint density at radius 1 is 1.42 bits per heavy atom. The molecule has 3 atom stereocenters. The summed E-state index contributed by atoms with van der Waals surface area (Å²) in [6.45, 7) is 1.73. The third kappa shape index (κ3) is 3.25. The molecule has 0 aliphatic carbocycles. The minimum absolute atomic E-state index is 0.0137. The summed E-state index contributed by atoms with van der Waals surface area (Å²) in [5.74, 6) is -1.98. The van der Waals surface area contributed by atoms with Crippen LogP contribution in [0.5, 0.6) is 0 Å². The number of aromatic nitrogens is 2. The molecule has 0 saturated carbocycles. The molecule has 3 heterocycles. The first kappa shape index (κ1) is 19.2. The molecule has 0 radical (unpaired) electrons. The Kier molecular flexibility index (Phi) is 5.35. The molecular weight excluding hydrogens is 448 g/mol. The van der Waals surface area contributed by atoms with Crippen molar-refractivity contribution in [3.8, 4) is 0 Å². The van der Waals surface area contributed by atoms with Crippen LogP contribution in [0.25, 0.3) is 0 Å². The highest BCUT2D eigenvalue weighted by Gasteiger charge is 2.59. The van der Waals surface area contributed by atoms with Gasteiger partial charge in [-0.3, -0.25) is 19.2 Å². The Labute approximate surface area is 165 Å². The number of amides is 2. The van der Waals surface area contributed by atoms with Gasteiger partial charge in [0.15, 0.2) is 5.78 Å². The molecule has 3 rings (SSSR count). The van der Waals surface area contributed by atoms with Gasteiger partial charge in [0.05, 0.1) is 11.8 Å². The number of alkyl halides is 1. The van der Waals surface area contributed by atoms with Gasteiger partial charge in [0.2, 0.25) is 11.8 Å². The van der Waals surface area contributed by atoms with Crippen molar-refractivity contribution in [1.29, 1.82) is 0 Å². The standard InChI is InChI=1S/C14H15BrN4O5S2/c1-6-17-18-12(26-6)14(13(23)24)4-19-10(22)9(11(19)25-5-14)16-8(21)2-7(20)3-15/h9,11H,2-5H2,1H3,(H,16,21)(H,23,24)/t9?,11-,14?/m1/s1. The highest BCUT2D eigenvalue weighted by Crippen LogP contribution is 2.44. The first-order valence-electron chi connectivity index (χ1n) is 7.61. The van der Waals surface area contributed by atoms with Crippen LogP contribution in [0, 0.1) is 6.92 Å². The van der Waals surface area contributed by atoms with E-state index in [4.69, 9.17) is 0 Å². The fraction of sp³-hybridized carbons (Fsp3) is 0.571. The third-order valence-electron chi connectivity index (χ3n) is 4.25. The van der Waals surface area contributed by atoms with Crippen molar-refractivity contribution in [2.45, 2.75) is 30.2 Å². The fourth-order valence-electron chi connectivity index (χ4n) is 2.87. The number of hydrogen-bond donors (Lipinski definition) is 2. The maximum absolute atomic E-state index is 12.4. The monoisotopic (exact) mass is 462 g/mol. The zero-order valence-corrected chi connectivity index (χ0v) is 16.8. The second-order valence-electron chi connectivity index (χ2n) is 6.08. The van der Waals surface area contributed by atoms with Crippen molar-refractivity contribution in [3.63, 3.8) is 0 Å². The van der Waals surface area contributed by atoms with E-state index >= 15 is 0 Å². The molecule has 2 aliphatic heterocycles. The van der Waals surface area contributed by atoms with Gasteiger partial charge in [-0.1, -0.05) is 15.9 Å². The SMILES string of the molecule is Cc1nnc(C2(C(=O)O)CS[C@@H]3C(NC(=O)CC(=O)CBr)C(=O)N3C2)s1. The summed E-state index contributed by atoms with van der Waals surface area (Å²) in [5, 5.41) is 21.0. The third-order valence-corrected chi connectivity index (χ3v) is 7.45. The average Bonchev–Trinajstić information content (AvgIpc) is 3.05. The van der Waals surface area contributed by atoms with E-state index < -0.39 is 23.3 Å². The highest BCUT2D eigenvalue weighted by molar-refractivity contribution is 9.09. The van der Waals surface area contributed by atoms with E-state index in [0.717, 1.165) is 0 Å². The smallest absolute Gasteiger partial charge is 0.319 e. The van der Waals surface area contributed by atoms with Crippen molar-refractivity contribution in [3.05, 3.63) is 10.0 Å². The summed E-state index contributed by atoms with van der Waals surface area (Å²) >= 11 is 5.47. The minimum atomic E-state index is -1.30. The molecule has 2 amide bonds. The minimum Gasteiger partial charge on any atom is -0.480 e. The molecule has 0 spiro atoms. The average molecular weight is 463 g/mol. The van der Waals surface area contributed by atoms with Crippen molar-refractivity contribution in [1.82, 2.24) is 20.4 Å². The lowest BCUT2D eigenvalue weighted by atomic mass is 9.88. The number of aliphatic carboxylic acids is 1. The molecule has 2 N–H and O–H groups in total. The van der Waals surface area contributed by atoms with E-state index in [9.17, 15) is 24.3 Å². The molecule has 1 aromatic heterocycles. The predicted molar refractivity (Wildman–Crippen MR) is 97.3 cm³/mol. The van der Waals surface area contributed by atoms with Gasteiger partial charge in [-0.25, -0.2) is 0 Å². The van der Waals surface area contributed by atoms with E-state index in [1.807, 2.05) is 0 Å². The van der Waals surface area contributed by atoms with Crippen molar-refractivity contribution >= 4 is 62.6 Å². The fourth-order valence-corrected chi connectivity index (χ4v) is 5.56. The lowest BCUT2D eigenvalue weighted by Crippen LogP contribution is -2.74. The first-order chi connectivity index (χ1) is 12.3. The van der Waals surface area contributed by atoms with E-state index in [-0.39, 0.29) is 41.1 Å². The number of carboxylic acids is 1. The molecular formula is C14H15BrN4O5S2. The Hall–Kier alpha value is -1.53. The number of nitrogens with one attached hydrogen (secondary N) is 1. The number of ketones is 1. The summed E-state index contributed by atoms with van der Waals surface area (Å²) < 4.78 is 0.